The standard InChI is InChI=1S/C5H11N5O2/c6-3-1-2-4(5(11)12)8-10-9-7/h4,8H,1-3,6H2,(H,11,12). The van der Waals surface area contributed by atoms with E-state index in [9.17, 15) is 4.79 Å². The number of nitrogens with two attached hydrogens (primary N) is 1. The molecule has 68 valence electrons. The third-order valence-electron chi connectivity index (χ3n) is 1.25. The predicted octanol–water partition coefficient (Wildman–Crippen LogP) is -0.00660. The van der Waals surface area contributed by atoms with E-state index >= 15 is 0 Å². The molecule has 0 aliphatic carbocycles. The van der Waals surface area contributed by atoms with Crippen LogP contribution in [-0.2, 0) is 4.79 Å². The first kappa shape index (κ1) is 10.5. The number of carboxylic acid groups (broad SMARTS) is 1. The van der Waals surface area contributed by atoms with Gasteiger partial charge in [0.1, 0.15) is 0 Å². The molecule has 0 aliphatic heterocycles. The Morgan fingerprint density at radius 1 is 1.83 bits per heavy atom. The Hall–Kier alpha value is -1.46. The van der Waals surface area contributed by atoms with Crippen LogP contribution in [-0.4, -0.2) is 23.7 Å². The summed E-state index contributed by atoms with van der Waals surface area (Å²) in [4.78, 5) is 12.8. The van der Waals surface area contributed by atoms with Gasteiger partial charge in [0.2, 0.25) is 0 Å². The minimum absolute atomic E-state index is 0.352. The molecule has 0 saturated heterocycles. The molecule has 0 radical (unpaired) electrons. The maximum atomic E-state index is 10.4. The number of rotatable bonds is 6. The molecule has 0 aromatic heterocycles. The second kappa shape index (κ2) is 6.26. The summed E-state index contributed by atoms with van der Waals surface area (Å²) in [6.07, 6.45) is 0.926. The fraction of sp³-hybridized carbons (Fsp3) is 0.800. The van der Waals surface area contributed by atoms with Crippen molar-refractivity contribution in [2.45, 2.75) is 18.9 Å². The van der Waals surface area contributed by atoms with Crippen LogP contribution < -0.4 is 11.2 Å². The zero-order chi connectivity index (χ0) is 9.40. The Kier molecular flexibility index (Phi) is 5.50. The summed E-state index contributed by atoms with van der Waals surface area (Å²) in [7, 11) is 0. The number of hydrogen-bond acceptors (Lipinski definition) is 3. The third kappa shape index (κ3) is 4.37. The van der Waals surface area contributed by atoms with Gasteiger partial charge in [-0.2, -0.15) is 4.91 Å². The number of carboxylic acids is 1. The topological polar surface area (TPSA) is 124 Å². The van der Waals surface area contributed by atoms with E-state index in [4.69, 9.17) is 16.4 Å². The first-order valence-corrected chi connectivity index (χ1v) is 3.45. The lowest BCUT2D eigenvalue weighted by molar-refractivity contribution is -0.139. The molecule has 1 atom stereocenters. The molecule has 0 aromatic carbocycles. The van der Waals surface area contributed by atoms with Gasteiger partial charge < -0.3 is 10.8 Å². The molecule has 1 unspecified atom stereocenters. The van der Waals surface area contributed by atoms with E-state index in [1.54, 1.807) is 0 Å². The number of hydrogen-bond donors (Lipinski definition) is 3. The average molecular weight is 173 g/mol. The smallest absolute Gasteiger partial charge is 0.349 e. The normalized spacial score (nSPS) is 11.4. The van der Waals surface area contributed by atoms with Crippen molar-refractivity contribution in [3.05, 3.63) is 10.4 Å². The van der Waals surface area contributed by atoms with Gasteiger partial charge in [0.25, 0.3) is 0 Å². The average Bonchev–Trinajstić information content (AvgIpc) is 2.04. The highest BCUT2D eigenvalue weighted by atomic mass is 16.4. The van der Waals surface area contributed by atoms with E-state index in [0.717, 1.165) is 0 Å². The van der Waals surface area contributed by atoms with Gasteiger partial charge in [-0.05, 0) is 18.2 Å². The molecule has 0 heterocycles. The molecule has 0 spiro atoms. The Labute approximate surface area is 69.1 Å². The minimum atomic E-state index is -1.05. The van der Waals surface area contributed by atoms with Crippen molar-refractivity contribution in [2.75, 3.05) is 6.54 Å². The molecule has 7 nitrogen and oxygen atoms in total. The van der Waals surface area contributed by atoms with Crippen LogP contribution in [0.2, 0.25) is 0 Å². The van der Waals surface area contributed by atoms with Gasteiger partial charge in [-0.15, -0.1) is 5.53 Å². The van der Waals surface area contributed by atoms with E-state index in [1.807, 2.05) is 0 Å². The molecular formula is C5H11N5O2. The van der Waals surface area contributed by atoms with Crippen LogP contribution in [0.3, 0.4) is 0 Å². The quantitative estimate of drug-likeness (QED) is 0.226. The molecule has 0 aromatic rings. The summed E-state index contributed by atoms with van der Waals surface area (Å²) in [6, 6.07) is -0.843. The number of azide groups is 1. The zero-order valence-electron chi connectivity index (χ0n) is 6.47. The highest BCUT2D eigenvalue weighted by molar-refractivity contribution is 5.73. The monoisotopic (exact) mass is 173 g/mol. The van der Waals surface area contributed by atoms with Gasteiger partial charge >= 0.3 is 5.97 Å². The molecule has 0 amide bonds. The number of nitrogens with zero attached hydrogens (tertiary/aromatic N) is 3. The van der Waals surface area contributed by atoms with Gasteiger partial charge in [-0.3, -0.25) is 0 Å². The van der Waals surface area contributed by atoms with Gasteiger partial charge in [-0.25, -0.2) is 10.2 Å². The summed E-state index contributed by atoms with van der Waals surface area (Å²) in [5, 5.41) is 11.5. The first-order chi connectivity index (χ1) is 5.72. The Balaban J connectivity index is 3.86. The molecule has 12 heavy (non-hydrogen) atoms. The van der Waals surface area contributed by atoms with Crippen molar-refractivity contribution < 1.29 is 9.90 Å². The molecule has 4 N–H and O–H groups in total. The fourth-order valence-corrected chi connectivity index (χ4v) is 0.661. The van der Waals surface area contributed by atoms with Crippen LogP contribution in [0, 0.1) is 0 Å². The second-order valence-corrected chi connectivity index (χ2v) is 2.14. The van der Waals surface area contributed by atoms with Crippen molar-refractivity contribution in [3.8, 4) is 0 Å². The molecule has 0 fully saturated rings. The fourth-order valence-electron chi connectivity index (χ4n) is 0.661. The summed E-state index contributed by atoms with van der Waals surface area (Å²) in [5.74, 6) is -1.05. The molecule has 0 bridgehead atoms. The Morgan fingerprint density at radius 2 is 2.50 bits per heavy atom. The second-order valence-electron chi connectivity index (χ2n) is 2.14. The molecule has 0 saturated carbocycles. The lowest BCUT2D eigenvalue weighted by Gasteiger charge is -2.05. The van der Waals surface area contributed by atoms with Crippen molar-refractivity contribution >= 4 is 5.97 Å². The SMILES string of the molecule is [N-]=[N+]=NNC(CCCN)C(=O)O. The highest BCUT2D eigenvalue weighted by Gasteiger charge is 2.17. The summed E-state index contributed by atoms with van der Waals surface area (Å²) >= 11 is 0. The van der Waals surface area contributed by atoms with E-state index in [-0.39, 0.29) is 0 Å². The Morgan fingerprint density at radius 3 is 2.92 bits per heavy atom. The van der Waals surface area contributed by atoms with E-state index in [0.29, 0.717) is 19.4 Å². The summed E-state index contributed by atoms with van der Waals surface area (Å²) in [6.45, 7) is 0.418. The predicted molar refractivity (Wildman–Crippen MR) is 42.0 cm³/mol. The number of carbonyl (C=O) groups is 1. The largest absolute Gasteiger partial charge is 0.478 e. The van der Waals surface area contributed by atoms with Crippen LogP contribution in [0.15, 0.2) is 5.22 Å². The summed E-state index contributed by atoms with van der Waals surface area (Å²) in [5.41, 5.74) is 15.2. The van der Waals surface area contributed by atoms with Crippen molar-refractivity contribution in [1.29, 1.82) is 0 Å². The van der Waals surface area contributed by atoms with Crippen LogP contribution in [0.1, 0.15) is 12.8 Å². The highest BCUT2D eigenvalue weighted by Crippen LogP contribution is 1.95. The van der Waals surface area contributed by atoms with Crippen molar-refractivity contribution in [1.82, 2.24) is 5.43 Å². The zero-order valence-corrected chi connectivity index (χ0v) is 6.47. The van der Waals surface area contributed by atoms with E-state index < -0.39 is 12.0 Å². The number of nitrogens with one attached hydrogen (secondary N) is 1. The molecule has 0 rings (SSSR count). The Bertz CT molecular complexity index is 188. The molecular weight excluding hydrogens is 162 g/mol. The van der Waals surface area contributed by atoms with Gasteiger partial charge in [0.15, 0.2) is 6.04 Å². The van der Waals surface area contributed by atoms with Crippen LogP contribution in [0.4, 0.5) is 0 Å². The van der Waals surface area contributed by atoms with Crippen molar-refractivity contribution in [3.63, 3.8) is 0 Å². The van der Waals surface area contributed by atoms with Crippen molar-refractivity contribution in [2.24, 2.45) is 11.0 Å². The number of aliphatic carboxylic acids is 1. The van der Waals surface area contributed by atoms with Gasteiger partial charge in [-0.1, -0.05) is 0 Å². The maximum absolute atomic E-state index is 10.4. The summed E-state index contributed by atoms with van der Waals surface area (Å²) < 4.78 is 0. The minimum Gasteiger partial charge on any atom is -0.478 e. The van der Waals surface area contributed by atoms with Gasteiger partial charge in [0.05, 0.1) is 0 Å². The van der Waals surface area contributed by atoms with Crippen LogP contribution >= 0.6 is 0 Å². The van der Waals surface area contributed by atoms with Crippen LogP contribution in [0.25, 0.3) is 10.4 Å². The lowest BCUT2D eigenvalue weighted by Crippen LogP contribution is -2.33. The van der Waals surface area contributed by atoms with Gasteiger partial charge in [0, 0.05) is 6.42 Å². The molecule has 7 heteroatoms. The van der Waals surface area contributed by atoms with E-state index in [2.05, 4.69) is 15.6 Å². The lowest BCUT2D eigenvalue weighted by atomic mass is 10.2. The first-order valence-electron chi connectivity index (χ1n) is 3.45. The third-order valence-corrected chi connectivity index (χ3v) is 1.25. The van der Waals surface area contributed by atoms with E-state index in [1.165, 1.54) is 0 Å². The molecule has 0 aliphatic rings. The van der Waals surface area contributed by atoms with Crippen LogP contribution in [0.5, 0.6) is 0 Å². The maximum Gasteiger partial charge on any atom is 0.349 e.